The Morgan fingerprint density at radius 3 is 2.74 bits per heavy atom. The summed E-state index contributed by atoms with van der Waals surface area (Å²) in [7, 11) is 3.16. The van der Waals surface area contributed by atoms with Crippen LogP contribution in [-0.4, -0.2) is 31.8 Å². The van der Waals surface area contributed by atoms with Gasteiger partial charge in [-0.25, -0.2) is 4.99 Å². The molecule has 0 aliphatic rings. The Hall–Kier alpha value is -2.25. The van der Waals surface area contributed by atoms with Crippen molar-refractivity contribution >= 4 is 23.0 Å². The second-order valence-electron chi connectivity index (χ2n) is 5.18. The average molecular weight is 335 g/mol. The van der Waals surface area contributed by atoms with Gasteiger partial charge in [0.25, 0.3) is 0 Å². The lowest BCUT2D eigenvalue weighted by Gasteiger charge is -2.20. The quantitative estimate of drug-likeness (QED) is 0.557. The third-order valence-electron chi connectivity index (χ3n) is 3.37. The first-order valence-corrected chi connectivity index (χ1v) is 7.94. The second-order valence-corrected chi connectivity index (χ2v) is 5.96. The summed E-state index contributed by atoms with van der Waals surface area (Å²) in [4.78, 5) is 4.22. The van der Waals surface area contributed by atoms with Gasteiger partial charge in [-0.3, -0.25) is 0 Å². The fraction of sp³-hybridized carbons (Fsp3) is 0.312. The third-order valence-corrected chi connectivity index (χ3v) is 4.05. The molecule has 1 heterocycles. The molecular formula is C16H21N3O3S. The molecule has 0 bridgehead atoms. The maximum atomic E-state index is 10.4. The number of rotatable bonds is 6. The predicted octanol–water partition coefficient (Wildman–Crippen LogP) is 2.40. The Balaban J connectivity index is 2.11. The maximum absolute atomic E-state index is 10.4. The van der Waals surface area contributed by atoms with E-state index in [9.17, 15) is 5.11 Å². The summed E-state index contributed by atoms with van der Waals surface area (Å²) in [5.41, 5.74) is 6.31. The molecule has 23 heavy (non-hydrogen) atoms. The minimum Gasteiger partial charge on any atom is -0.497 e. The fourth-order valence-electron chi connectivity index (χ4n) is 1.99. The first-order chi connectivity index (χ1) is 11.0. The number of guanidine groups is 1. The van der Waals surface area contributed by atoms with E-state index in [1.165, 1.54) is 11.3 Å². The van der Waals surface area contributed by atoms with Crippen molar-refractivity contribution in [1.82, 2.24) is 0 Å². The predicted molar refractivity (Wildman–Crippen MR) is 93.5 cm³/mol. The average Bonchev–Trinajstić information content (AvgIpc) is 3.08. The molecular weight excluding hydrogens is 314 g/mol. The molecule has 1 aromatic carbocycles. The molecule has 0 saturated heterocycles. The maximum Gasteiger partial charge on any atom is 0.193 e. The zero-order valence-electron chi connectivity index (χ0n) is 13.4. The van der Waals surface area contributed by atoms with Crippen LogP contribution in [-0.2, 0) is 5.60 Å². The Bertz CT molecular complexity index is 669. The summed E-state index contributed by atoms with van der Waals surface area (Å²) in [6.07, 6.45) is 0. The van der Waals surface area contributed by atoms with E-state index in [4.69, 9.17) is 15.2 Å². The molecule has 0 radical (unpaired) electrons. The van der Waals surface area contributed by atoms with Crippen molar-refractivity contribution in [2.45, 2.75) is 12.5 Å². The van der Waals surface area contributed by atoms with Crippen molar-refractivity contribution in [2.75, 3.05) is 26.1 Å². The van der Waals surface area contributed by atoms with Crippen LogP contribution in [0.4, 0.5) is 5.69 Å². The number of nitrogens with one attached hydrogen (secondary N) is 1. The van der Waals surface area contributed by atoms with Crippen LogP contribution in [0.1, 0.15) is 12.5 Å². The van der Waals surface area contributed by atoms with Crippen LogP contribution in [0.5, 0.6) is 11.5 Å². The zero-order valence-corrected chi connectivity index (χ0v) is 14.2. The lowest BCUT2D eigenvalue weighted by molar-refractivity contribution is 0.0678. The number of nitrogens with two attached hydrogens (primary N) is 1. The number of hydrogen-bond acceptors (Lipinski definition) is 5. The highest BCUT2D eigenvalue weighted by atomic mass is 32.1. The van der Waals surface area contributed by atoms with E-state index in [0.29, 0.717) is 17.2 Å². The SMILES string of the molecule is COc1ccc(OC)c(NC(N)=NCC(C)(O)c2ccsc2)c1. The van der Waals surface area contributed by atoms with Gasteiger partial charge in [0.2, 0.25) is 0 Å². The van der Waals surface area contributed by atoms with Crippen molar-refractivity contribution in [3.63, 3.8) is 0 Å². The van der Waals surface area contributed by atoms with Crippen molar-refractivity contribution in [1.29, 1.82) is 0 Å². The van der Waals surface area contributed by atoms with Crippen LogP contribution >= 0.6 is 11.3 Å². The Morgan fingerprint density at radius 2 is 2.13 bits per heavy atom. The molecule has 7 heteroatoms. The molecule has 2 rings (SSSR count). The van der Waals surface area contributed by atoms with Crippen LogP contribution in [0.2, 0.25) is 0 Å². The van der Waals surface area contributed by atoms with Gasteiger partial charge in [-0.05, 0) is 41.4 Å². The van der Waals surface area contributed by atoms with Gasteiger partial charge >= 0.3 is 0 Å². The summed E-state index contributed by atoms with van der Waals surface area (Å²) in [5.74, 6) is 1.48. The van der Waals surface area contributed by atoms with Gasteiger partial charge in [0.05, 0.1) is 26.5 Å². The minimum atomic E-state index is -1.06. The van der Waals surface area contributed by atoms with E-state index < -0.39 is 5.60 Å². The number of ether oxygens (including phenoxy) is 2. The summed E-state index contributed by atoms with van der Waals surface area (Å²) < 4.78 is 10.5. The Labute approximate surface area is 139 Å². The number of benzene rings is 1. The van der Waals surface area contributed by atoms with Gasteiger partial charge in [-0.2, -0.15) is 11.3 Å². The molecule has 0 amide bonds. The van der Waals surface area contributed by atoms with Crippen molar-refractivity contribution in [3.8, 4) is 11.5 Å². The number of hydrogen-bond donors (Lipinski definition) is 3. The van der Waals surface area contributed by atoms with Crippen LogP contribution in [0, 0.1) is 0 Å². The molecule has 124 valence electrons. The lowest BCUT2D eigenvalue weighted by atomic mass is 10.00. The molecule has 0 saturated carbocycles. The highest BCUT2D eigenvalue weighted by Crippen LogP contribution is 2.29. The number of nitrogens with zero attached hydrogens (tertiary/aromatic N) is 1. The number of methoxy groups -OCH3 is 2. The summed E-state index contributed by atoms with van der Waals surface area (Å²) in [5, 5.41) is 17.2. The number of aliphatic imine (C=N–C) groups is 1. The molecule has 2 aromatic rings. The van der Waals surface area contributed by atoms with Crippen LogP contribution in [0.25, 0.3) is 0 Å². The molecule has 6 nitrogen and oxygen atoms in total. The molecule has 4 N–H and O–H groups in total. The molecule has 0 aliphatic carbocycles. The summed E-state index contributed by atoms with van der Waals surface area (Å²) in [6, 6.07) is 7.20. The molecule has 0 aliphatic heterocycles. The Kier molecular flexibility index (Phi) is 5.46. The van der Waals surface area contributed by atoms with Gasteiger partial charge in [-0.1, -0.05) is 0 Å². The largest absolute Gasteiger partial charge is 0.497 e. The monoisotopic (exact) mass is 335 g/mol. The smallest absolute Gasteiger partial charge is 0.193 e. The zero-order chi connectivity index (χ0) is 16.9. The van der Waals surface area contributed by atoms with Crippen molar-refractivity contribution in [2.24, 2.45) is 10.7 Å². The first kappa shape index (κ1) is 17.1. The van der Waals surface area contributed by atoms with Gasteiger partial charge in [0.1, 0.15) is 17.1 Å². The summed E-state index contributed by atoms with van der Waals surface area (Å²) >= 11 is 1.53. The van der Waals surface area contributed by atoms with Gasteiger partial charge in [-0.15, -0.1) is 0 Å². The van der Waals surface area contributed by atoms with E-state index in [-0.39, 0.29) is 12.5 Å². The van der Waals surface area contributed by atoms with E-state index >= 15 is 0 Å². The van der Waals surface area contributed by atoms with E-state index in [1.54, 1.807) is 39.3 Å². The lowest BCUT2D eigenvalue weighted by Crippen LogP contribution is -2.29. The number of anilines is 1. The molecule has 0 spiro atoms. The third kappa shape index (κ3) is 4.37. The first-order valence-electron chi connectivity index (χ1n) is 7.00. The molecule has 0 fully saturated rings. The van der Waals surface area contributed by atoms with E-state index in [1.807, 2.05) is 16.8 Å². The normalized spacial score (nSPS) is 14.2. The fourth-order valence-corrected chi connectivity index (χ4v) is 2.77. The van der Waals surface area contributed by atoms with Crippen LogP contribution in [0.15, 0.2) is 40.0 Å². The van der Waals surface area contributed by atoms with Gasteiger partial charge in [0.15, 0.2) is 5.96 Å². The van der Waals surface area contributed by atoms with Crippen molar-refractivity contribution in [3.05, 3.63) is 40.6 Å². The molecule has 1 unspecified atom stereocenters. The standard InChI is InChI=1S/C16H21N3O3S/c1-16(20,11-6-7-23-9-11)10-18-15(17)19-13-8-12(21-2)4-5-14(13)22-3/h4-9,20H,10H2,1-3H3,(H3,17,18,19). The summed E-state index contributed by atoms with van der Waals surface area (Å²) in [6.45, 7) is 1.85. The van der Waals surface area contributed by atoms with Gasteiger partial charge in [0, 0.05) is 6.07 Å². The van der Waals surface area contributed by atoms with E-state index in [2.05, 4.69) is 10.3 Å². The number of thiophene rings is 1. The molecule has 1 aromatic heterocycles. The minimum absolute atomic E-state index is 0.148. The Morgan fingerprint density at radius 1 is 1.35 bits per heavy atom. The number of aliphatic hydroxyl groups is 1. The van der Waals surface area contributed by atoms with Crippen LogP contribution < -0.4 is 20.5 Å². The highest BCUT2D eigenvalue weighted by molar-refractivity contribution is 7.08. The molecule has 1 atom stereocenters. The van der Waals surface area contributed by atoms with Crippen molar-refractivity contribution < 1.29 is 14.6 Å². The van der Waals surface area contributed by atoms with E-state index in [0.717, 1.165) is 5.56 Å². The highest BCUT2D eigenvalue weighted by Gasteiger charge is 2.23. The van der Waals surface area contributed by atoms with Crippen LogP contribution in [0.3, 0.4) is 0 Å². The topological polar surface area (TPSA) is 89.1 Å². The van der Waals surface area contributed by atoms with Gasteiger partial charge < -0.3 is 25.6 Å². The second kappa shape index (κ2) is 7.34.